The van der Waals surface area contributed by atoms with E-state index in [1.54, 1.807) is 0 Å². The summed E-state index contributed by atoms with van der Waals surface area (Å²) in [5, 5.41) is 0.810. The van der Waals surface area contributed by atoms with Crippen molar-refractivity contribution in [2.45, 2.75) is 56.5 Å². The summed E-state index contributed by atoms with van der Waals surface area (Å²) in [5.74, 6) is 5.98. The quantitative estimate of drug-likeness (QED) is 0.649. The van der Waals surface area contributed by atoms with E-state index in [2.05, 4.69) is 22.5 Å². The normalized spacial score (nSPS) is 23.5. The van der Waals surface area contributed by atoms with Gasteiger partial charge in [0.2, 0.25) is 0 Å². The second kappa shape index (κ2) is 6.66. The molecule has 1 unspecified atom stereocenters. The first-order valence-electron chi connectivity index (χ1n) is 8.20. The Bertz CT molecular complexity index is 465. The summed E-state index contributed by atoms with van der Waals surface area (Å²) in [4.78, 5) is 2.70. The number of halogens is 1. The monoisotopic (exact) mass is 307 g/mol. The maximum Gasteiger partial charge on any atom is 0.0435 e. The van der Waals surface area contributed by atoms with Gasteiger partial charge in [0.25, 0.3) is 0 Å². The molecule has 3 nitrogen and oxygen atoms in total. The van der Waals surface area contributed by atoms with Crippen molar-refractivity contribution >= 4 is 11.6 Å². The zero-order chi connectivity index (χ0) is 14.7. The van der Waals surface area contributed by atoms with E-state index in [-0.39, 0.29) is 5.54 Å². The summed E-state index contributed by atoms with van der Waals surface area (Å²) in [6.07, 6.45) is 8.79. The third-order valence-corrected chi connectivity index (χ3v) is 5.62. The molecule has 1 saturated carbocycles. The van der Waals surface area contributed by atoms with Crippen LogP contribution in [0.15, 0.2) is 24.3 Å². The van der Waals surface area contributed by atoms with Crippen molar-refractivity contribution in [1.82, 2.24) is 10.3 Å². The molecule has 4 heteroatoms. The van der Waals surface area contributed by atoms with Crippen LogP contribution in [0.5, 0.6) is 0 Å². The molecule has 1 aliphatic carbocycles. The molecule has 2 aliphatic rings. The van der Waals surface area contributed by atoms with Crippen LogP contribution in [0.25, 0.3) is 0 Å². The highest BCUT2D eigenvalue weighted by Gasteiger charge is 2.46. The number of nitrogens with two attached hydrogens (primary N) is 1. The largest absolute Gasteiger partial charge is 0.296 e. The summed E-state index contributed by atoms with van der Waals surface area (Å²) < 4.78 is 0. The van der Waals surface area contributed by atoms with E-state index in [9.17, 15) is 0 Å². The molecule has 1 saturated heterocycles. The van der Waals surface area contributed by atoms with E-state index >= 15 is 0 Å². The zero-order valence-corrected chi connectivity index (χ0v) is 13.4. The van der Waals surface area contributed by atoms with Gasteiger partial charge in [-0.2, -0.15) is 0 Å². The average Bonchev–Trinajstić information content (AvgIpc) is 3.16. The van der Waals surface area contributed by atoms with Crippen LogP contribution in [0.1, 0.15) is 44.1 Å². The third kappa shape index (κ3) is 3.11. The minimum absolute atomic E-state index is 0.244. The van der Waals surface area contributed by atoms with Gasteiger partial charge in [0.05, 0.1) is 0 Å². The van der Waals surface area contributed by atoms with E-state index in [0.29, 0.717) is 6.04 Å². The first-order chi connectivity index (χ1) is 10.2. The van der Waals surface area contributed by atoms with Gasteiger partial charge in [-0.25, -0.2) is 0 Å². The van der Waals surface area contributed by atoms with E-state index in [1.807, 2.05) is 12.1 Å². The summed E-state index contributed by atoms with van der Waals surface area (Å²) in [6, 6.07) is 8.49. The van der Waals surface area contributed by atoms with Crippen LogP contribution >= 0.6 is 11.6 Å². The lowest BCUT2D eigenvalue weighted by atomic mass is 9.83. The van der Waals surface area contributed by atoms with Crippen LogP contribution in [0, 0.1) is 0 Å². The number of hydrazine groups is 1. The molecule has 2 fully saturated rings. The van der Waals surface area contributed by atoms with Gasteiger partial charge in [-0.15, -0.1) is 0 Å². The number of rotatable bonds is 5. The van der Waals surface area contributed by atoms with Gasteiger partial charge in [-0.05, 0) is 62.9 Å². The fraction of sp³-hybridized carbons (Fsp3) is 0.647. The molecule has 0 radical (unpaired) electrons. The Morgan fingerprint density at radius 3 is 2.52 bits per heavy atom. The van der Waals surface area contributed by atoms with Crippen LogP contribution in [0.2, 0.25) is 5.02 Å². The Balaban J connectivity index is 1.82. The summed E-state index contributed by atoms with van der Waals surface area (Å²) >= 11 is 6.13. The van der Waals surface area contributed by atoms with Gasteiger partial charge in [0.1, 0.15) is 0 Å². The molecule has 0 aromatic heterocycles. The van der Waals surface area contributed by atoms with Gasteiger partial charge in [0.15, 0.2) is 0 Å². The van der Waals surface area contributed by atoms with Gasteiger partial charge in [-0.3, -0.25) is 16.2 Å². The second-order valence-corrected chi connectivity index (χ2v) is 6.99. The molecule has 0 spiro atoms. The molecule has 116 valence electrons. The summed E-state index contributed by atoms with van der Waals surface area (Å²) in [7, 11) is 0. The molecule has 3 N–H and O–H groups in total. The predicted molar refractivity (Wildman–Crippen MR) is 88.3 cm³/mol. The molecule has 3 rings (SSSR count). The second-order valence-electron chi connectivity index (χ2n) is 6.56. The molecule has 21 heavy (non-hydrogen) atoms. The van der Waals surface area contributed by atoms with Crippen molar-refractivity contribution in [2.75, 3.05) is 13.1 Å². The van der Waals surface area contributed by atoms with Crippen LogP contribution in [-0.4, -0.2) is 29.6 Å². The summed E-state index contributed by atoms with van der Waals surface area (Å²) in [5.41, 5.74) is 4.66. The molecular weight excluding hydrogens is 282 g/mol. The van der Waals surface area contributed by atoms with Crippen molar-refractivity contribution < 1.29 is 0 Å². The van der Waals surface area contributed by atoms with Crippen LogP contribution in [-0.2, 0) is 6.42 Å². The van der Waals surface area contributed by atoms with Gasteiger partial charge in [0, 0.05) is 16.6 Å². The number of likely N-dealkylation sites (tertiary alicyclic amines) is 1. The molecule has 1 aromatic carbocycles. The average molecular weight is 308 g/mol. The Kier molecular flexibility index (Phi) is 4.85. The molecule has 0 amide bonds. The maximum atomic E-state index is 6.13. The SMILES string of the molecule is NNC(Cc1cccc(Cl)c1)C1(N2CCCC2)CCCC1. The van der Waals surface area contributed by atoms with Gasteiger partial charge >= 0.3 is 0 Å². The third-order valence-electron chi connectivity index (χ3n) is 5.38. The van der Waals surface area contributed by atoms with E-state index in [0.717, 1.165) is 11.4 Å². The molecule has 0 bridgehead atoms. The lowest BCUT2D eigenvalue weighted by molar-refractivity contribution is 0.0766. The zero-order valence-electron chi connectivity index (χ0n) is 12.7. The molecule has 1 heterocycles. The van der Waals surface area contributed by atoms with Crippen LogP contribution in [0.4, 0.5) is 0 Å². The van der Waals surface area contributed by atoms with Crippen LogP contribution in [0.3, 0.4) is 0 Å². The minimum atomic E-state index is 0.244. The minimum Gasteiger partial charge on any atom is -0.296 e. The first-order valence-corrected chi connectivity index (χ1v) is 8.58. The maximum absolute atomic E-state index is 6.13. The van der Waals surface area contributed by atoms with Gasteiger partial charge < -0.3 is 0 Å². The smallest absolute Gasteiger partial charge is 0.0435 e. The Morgan fingerprint density at radius 1 is 1.19 bits per heavy atom. The highest BCUT2D eigenvalue weighted by atomic mass is 35.5. The molecule has 1 aliphatic heterocycles. The van der Waals surface area contributed by atoms with E-state index in [1.165, 1.54) is 57.2 Å². The van der Waals surface area contributed by atoms with Crippen LogP contribution < -0.4 is 11.3 Å². The fourth-order valence-corrected chi connectivity index (χ4v) is 4.55. The Hall–Kier alpha value is -0.610. The van der Waals surface area contributed by atoms with Crippen molar-refractivity contribution in [3.05, 3.63) is 34.9 Å². The number of hydrogen-bond acceptors (Lipinski definition) is 3. The Labute approximate surface area is 132 Å². The fourth-order valence-electron chi connectivity index (χ4n) is 4.34. The lowest BCUT2D eigenvalue weighted by Gasteiger charge is -2.45. The van der Waals surface area contributed by atoms with Crippen molar-refractivity contribution in [1.29, 1.82) is 0 Å². The Morgan fingerprint density at radius 2 is 1.90 bits per heavy atom. The highest BCUT2D eigenvalue weighted by Crippen LogP contribution is 2.40. The standard InChI is InChI=1S/C17H26ClN3/c18-15-7-5-6-14(12-15)13-16(20-19)17(8-1-2-9-17)21-10-3-4-11-21/h5-7,12,16,20H,1-4,8-11,13,19H2. The molecular formula is C17H26ClN3. The van der Waals surface area contributed by atoms with E-state index in [4.69, 9.17) is 17.4 Å². The molecule has 1 aromatic rings. The number of nitrogens with one attached hydrogen (secondary N) is 1. The van der Waals surface area contributed by atoms with Crippen molar-refractivity contribution in [3.8, 4) is 0 Å². The summed E-state index contributed by atoms with van der Waals surface area (Å²) in [6.45, 7) is 2.46. The van der Waals surface area contributed by atoms with E-state index < -0.39 is 0 Å². The lowest BCUT2D eigenvalue weighted by Crippen LogP contribution is -2.61. The molecule has 1 atom stereocenters. The topological polar surface area (TPSA) is 41.3 Å². The first kappa shape index (κ1) is 15.3. The number of hydrogen-bond donors (Lipinski definition) is 2. The highest BCUT2D eigenvalue weighted by molar-refractivity contribution is 6.30. The number of nitrogens with zero attached hydrogens (tertiary/aromatic N) is 1. The van der Waals surface area contributed by atoms with Gasteiger partial charge in [-0.1, -0.05) is 36.6 Å². The van der Waals surface area contributed by atoms with Crippen molar-refractivity contribution in [2.24, 2.45) is 5.84 Å². The predicted octanol–water partition coefficient (Wildman–Crippen LogP) is 3.12. The van der Waals surface area contributed by atoms with Crippen molar-refractivity contribution in [3.63, 3.8) is 0 Å². The number of benzene rings is 1.